The van der Waals surface area contributed by atoms with Gasteiger partial charge in [0.25, 0.3) is 0 Å². The summed E-state index contributed by atoms with van der Waals surface area (Å²) < 4.78 is 1.90. The molecule has 3 aromatic rings. The predicted octanol–water partition coefficient (Wildman–Crippen LogP) is 2.51. The van der Waals surface area contributed by atoms with Crippen LogP contribution in [0.1, 0.15) is 11.3 Å². The fourth-order valence-electron chi connectivity index (χ4n) is 3.52. The Morgan fingerprint density at radius 2 is 1.69 bits per heavy atom. The first-order chi connectivity index (χ1) is 12.7. The Balaban J connectivity index is 1.46. The standard InChI is InChI=1S/C20H24N6/c1-16-18(14-24(2)23-16)15-25-10-12-26(13-11-25)20-19(21-8-9-22-20)17-6-4-3-5-7-17/h3-9,14H,10-13,15H2,1-2H3. The minimum Gasteiger partial charge on any atom is -0.352 e. The first kappa shape index (κ1) is 16.7. The van der Waals surface area contributed by atoms with Crippen molar-refractivity contribution in [2.45, 2.75) is 13.5 Å². The Bertz CT molecular complexity index is 865. The summed E-state index contributed by atoms with van der Waals surface area (Å²) in [5, 5.41) is 4.45. The first-order valence-electron chi connectivity index (χ1n) is 9.03. The Kier molecular flexibility index (Phi) is 4.67. The van der Waals surface area contributed by atoms with E-state index in [2.05, 4.69) is 50.1 Å². The average molecular weight is 348 g/mol. The third-order valence-corrected chi connectivity index (χ3v) is 4.91. The van der Waals surface area contributed by atoms with Crippen molar-refractivity contribution in [3.05, 3.63) is 60.2 Å². The molecule has 4 rings (SSSR count). The van der Waals surface area contributed by atoms with Crippen LogP contribution in [0.5, 0.6) is 0 Å². The number of aromatic nitrogens is 4. The molecule has 2 aromatic heterocycles. The number of benzene rings is 1. The quantitative estimate of drug-likeness (QED) is 0.725. The molecule has 0 aliphatic carbocycles. The van der Waals surface area contributed by atoms with E-state index in [1.807, 2.05) is 29.9 Å². The largest absolute Gasteiger partial charge is 0.352 e. The van der Waals surface area contributed by atoms with Gasteiger partial charge in [-0.2, -0.15) is 5.10 Å². The minimum atomic E-state index is 0.956. The van der Waals surface area contributed by atoms with Crippen molar-refractivity contribution in [3.63, 3.8) is 0 Å². The van der Waals surface area contributed by atoms with Gasteiger partial charge in [0, 0.05) is 69.5 Å². The van der Waals surface area contributed by atoms with Crippen molar-refractivity contribution in [2.24, 2.45) is 7.05 Å². The number of rotatable bonds is 4. The number of hydrogen-bond donors (Lipinski definition) is 0. The van der Waals surface area contributed by atoms with Gasteiger partial charge in [0.2, 0.25) is 0 Å². The van der Waals surface area contributed by atoms with E-state index in [9.17, 15) is 0 Å². The van der Waals surface area contributed by atoms with E-state index in [0.717, 1.165) is 55.5 Å². The first-order valence-corrected chi connectivity index (χ1v) is 9.03. The highest BCUT2D eigenvalue weighted by atomic mass is 15.3. The summed E-state index contributed by atoms with van der Waals surface area (Å²) in [5.41, 5.74) is 4.51. The minimum absolute atomic E-state index is 0.956. The molecule has 0 amide bonds. The van der Waals surface area contributed by atoms with Crippen LogP contribution in [0, 0.1) is 6.92 Å². The smallest absolute Gasteiger partial charge is 0.155 e. The summed E-state index contributed by atoms with van der Waals surface area (Å²) >= 11 is 0. The van der Waals surface area contributed by atoms with Crippen LogP contribution < -0.4 is 4.90 Å². The molecule has 0 bridgehead atoms. The van der Waals surface area contributed by atoms with Crippen molar-refractivity contribution < 1.29 is 0 Å². The fourth-order valence-corrected chi connectivity index (χ4v) is 3.52. The molecule has 1 fully saturated rings. The molecule has 0 unspecified atom stereocenters. The normalized spacial score (nSPS) is 15.4. The van der Waals surface area contributed by atoms with E-state index in [1.54, 1.807) is 12.4 Å². The summed E-state index contributed by atoms with van der Waals surface area (Å²) in [5.74, 6) is 0.982. The number of hydrogen-bond acceptors (Lipinski definition) is 5. The fraction of sp³-hybridized carbons (Fsp3) is 0.350. The number of piperazine rings is 1. The molecule has 134 valence electrons. The summed E-state index contributed by atoms with van der Waals surface area (Å²) in [6.07, 6.45) is 5.68. The summed E-state index contributed by atoms with van der Waals surface area (Å²) in [6.45, 7) is 6.98. The highest BCUT2D eigenvalue weighted by molar-refractivity contribution is 5.71. The lowest BCUT2D eigenvalue weighted by molar-refractivity contribution is 0.249. The van der Waals surface area contributed by atoms with Gasteiger partial charge in [-0.3, -0.25) is 14.6 Å². The summed E-state index contributed by atoms with van der Waals surface area (Å²) in [6, 6.07) is 10.3. The lowest BCUT2D eigenvalue weighted by atomic mass is 10.1. The molecular formula is C20H24N6. The second kappa shape index (κ2) is 7.25. The molecule has 26 heavy (non-hydrogen) atoms. The molecule has 0 atom stereocenters. The van der Waals surface area contributed by atoms with Gasteiger partial charge in [0.15, 0.2) is 5.82 Å². The highest BCUT2D eigenvalue weighted by Gasteiger charge is 2.22. The second-order valence-electron chi connectivity index (χ2n) is 6.77. The van der Waals surface area contributed by atoms with Crippen LogP contribution in [0.3, 0.4) is 0 Å². The lowest BCUT2D eigenvalue weighted by Gasteiger charge is -2.35. The van der Waals surface area contributed by atoms with Crippen molar-refractivity contribution in [1.29, 1.82) is 0 Å². The molecule has 0 spiro atoms. The van der Waals surface area contributed by atoms with Gasteiger partial charge >= 0.3 is 0 Å². The van der Waals surface area contributed by atoms with Crippen molar-refractivity contribution in [3.8, 4) is 11.3 Å². The lowest BCUT2D eigenvalue weighted by Crippen LogP contribution is -2.46. The number of nitrogens with zero attached hydrogens (tertiary/aromatic N) is 6. The maximum atomic E-state index is 4.64. The van der Waals surface area contributed by atoms with Gasteiger partial charge in [-0.25, -0.2) is 4.98 Å². The van der Waals surface area contributed by atoms with Crippen LogP contribution in [-0.4, -0.2) is 50.8 Å². The second-order valence-corrected chi connectivity index (χ2v) is 6.77. The highest BCUT2D eigenvalue weighted by Crippen LogP contribution is 2.27. The number of anilines is 1. The number of aryl methyl sites for hydroxylation is 2. The third-order valence-electron chi connectivity index (χ3n) is 4.91. The van der Waals surface area contributed by atoms with Crippen LogP contribution in [0.25, 0.3) is 11.3 Å². The topological polar surface area (TPSA) is 50.1 Å². The zero-order valence-corrected chi connectivity index (χ0v) is 15.3. The van der Waals surface area contributed by atoms with E-state index in [0.29, 0.717) is 0 Å². The Morgan fingerprint density at radius 3 is 2.38 bits per heavy atom. The Hall–Kier alpha value is -2.73. The molecule has 1 saturated heterocycles. The van der Waals surface area contributed by atoms with Crippen molar-refractivity contribution in [2.75, 3.05) is 31.1 Å². The van der Waals surface area contributed by atoms with Crippen LogP contribution in [0.4, 0.5) is 5.82 Å². The monoisotopic (exact) mass is 348 g/mol. The molecule has 1 aliphatic heterocycles. The van der Waals surface area contributed by atoms with E-state index >= 15 is 0 Å². The zero-order chi connectivity index (χ0) is 17.9. The summed E-state index contributed by atoms with van der Waals surface area (Å²) in [4.78, 5) is 14.1. The van der Waals surface area contributed by atoms with Gasteiger partial charge in [-0.15, -0.1) is 0 Å². The predicted molar refractivity (Wildman–Crippen MR) is 103 cm³/mol. The SMILES string of the molecule is Cc1nn(C)cc1CN1CCN(c2nccnc2-c2ccccc2)CC1. The van der Waals surface area contributed by atoms with Gasteiger partial charge in [0.1, 0.15) is 5.69 Å². The van der Waals surface area contributed by atoms with Crippen molar-refractivity contribution >= 4 is 5.82 Å². The van der Waals surface area contributed by atoms with E-state index in [-0.39, 0.29) is 0 Å². The maximum Gasteiger partial charge on any atom is 0.155 e. The van der Waals surface area contributed by atoms with E-state index in [1.165, 1.54) is 5.56 Å². The van der Waals surface area contributed by atoms with Crippen LogP contribution >= 0.6 is 0 Å². The molecule has 0 saturated carbocycles. The van der Waals surface area contributed by atoms with Gasteiger partial charge < -0.3 is 4.90 Å². The molecule has 6 nitrogen and oxygen atoms in total. The molecule has 6 heteroatoms. The molecular weight excluding hydrogens is 324 g/mol. The molecule has 1 aliphatic rings. The average Bonchev–Trinajstić information content (AvgIpc) is 3.00. The molecule has 1 aromatic carbocycles. The van der Waals surface area contributed by atoms with Crippen LogP contribution in [-0.2, 0) is 13.6 Å². The zero-order valence-electron chi connectivity index (χ0n) is 15.3. The maximum absolute atomic E-state index is 4.64. The van der Waals surface area contributed by atoms with Crippen molar-refractivity contribution in [1.82, 2.24) is 24.6 Å². The summed E-state index contributed by atoms with van der Waals surface area (Å²) in [7, 11) is 1.98. The molecule has 0 N–H and O–H groups in total. The third kappa shape index (κ3) is 3.46. The Morgan fingerprint density at radius 1 is 0.962 bits per heavy atom. The van der Waals surface area contributed by atoms with Crippen LogP contribution in [0.2, 0.25) is 0 Å². The molecule has 3 heterocycles. The van der Waals surface area contributed by atoms with E-state index < -0.39 is 0 Å². The van der Waals surface area contributed by atoms with Gasteiger partial charge in [-0.1, -0.05) is 30.3 Å². The Labute approximate surface area is 154 Å². The van der Waals surface area contributed by atoms with Crippen LogP contribution in [0.15, 0.2) is 48.9 Å². The van der Waals surface area contributed by atoms with Gasteiger partial charge in [0.05, 0.1) is 5.69 Å². The molecule has 0 radical (unpaired) electrons. The van der Waals surface area contributed by atoms with E-state index in [4.69, 9.17) is 0 Å². The van der Waals surface area contributed by atoms with Gasteiger partial charge in [-0.05, 0) is 6.92 Å².